The van der Waals surface area contributed by atoms with E-state index in [0.717, 1.165) is 50.1 Å². The summed E-state index contributed by atoms with van der Waals surface area (Å²) >= 11 is 0. The van der Waals surface area contributed by atoms with Gasteiger partial charge >= 0.3 is 0 Å². The lowest BCUT2D eigenvalue weighted by atomic mass is 9.79. The summed E-state index contributed by atoms with van der Waals surface area (Å²) in [5.41, 5.74) is 19.1. The van der Waals surface area contributed by atoms with Gasteiger partial charge in [-0.3, -0.25) is 0 Å². The second-order valence-electron chi connectivity index (χ2n) is 17.0. The Morgan fingerprint density at radius 3 is 1.91 bits per heavy atom. The first-order valence-corrected chi connectivity index (χ1v) is 20.0. The van der Waals surface area contributed by atoms with E-state index < -0.39 is 0 Å². The topological polar surface area (TPSA) is 16.4 Å². The fourth-order valence-corrected chi connectivity index (χ4v) is 8.97. The summed E-state index contributed by atoms with van der Waals surface area (Å²) in [4.78, 5) is 2.43. The molecule has 1 aromatic heterocycles. The van der Waals surface area contributed by atoms with Crippen LogP contribution in [0.1, 0.15) is 51.3 Å². The average molecular weight is 736 g/mol. The van der Waals surface area contributed by atoms with Gasteiger partial charge in [-0.25, -0.2) is 0 Å². The molecule has 0 fully saturated rings. The van der Waals surface area contributed by atoms with E-state index in [2.05, 4.69) is 209 Å². The molecule has 1 aliphatic carbocycles. The first-order valence-electron chi connectivity index (χ1n) is 20.0. The van der Waals surface area contributed by atoms with E-state index in [9.17, 15) is 0 Å². The summed E-state index contributed by atoms with van der Waals surface area (Å²) in [6.07, 6.45) is 0. The molecule has 0 unspecified atom stereocenters. The Morgan fingerprint density at radius 2 is 1.09 bits per heavy atom. The predicted octanol–water partition coefficient (Wildman–Crippen LogP) is 15.7. The fourth-order valence-electron chi connectivity index (χ4n) is 8.97. The molecular formula is C55H45NO. The van der Waals surface area contributed by atoms with Crippen molar-refractivity contribution in [3.63, 3.8) is 0 Å². The number of hydrogen-bond donors (Lipinski definition) is 0. The van der Waals surface area contributed by atoms with Crippen LogP contribution in [0.2, 0.25) is 0 Å². The summed E-state index contributed by atoms with van der Waals surface area (Å²) in [7, 11) is 0. The molecule has 0 radical (unpaired) electrons. The smallest absolute Gasteiger partial charge is 0.135 e. The Hall–Kier alpha value is -6.64. The predicted molar refractivity (Wildman–Crippen MR) is 241 cm³/mol. The zero-order valence-electron chi connectivity index (χ0n) is 33.2. The van der Waals surface area contributed by atoms with Crippen molar-refractivity contribution in [2.75, 3.05) is 4.90 Å². The van der Waals surface area contributed by atoms with E-state index in [0.29, 0.717) is 0 Å². The van der Waals surface area contributed by atoms with Gasteiger partial charge in [0.15, 0.2) is 0 Å². The summed E-state index contributed by atoms with van der Waals surface area (Å²) < 4.78 is 6.15. The molecule has 9 aromatic rings. The molecule has 0 N–H and O–H groups in total. The standard InChI is InChI=1S/C55H45NO/c1-54(2,3)40-28-31-46-49(35-40)55(4,5)48-22-14-21-45(53(46)48)43-19-9-11-23-50(43)56(42-18-13-17-38(33-42)36-15-7-6-8-16-36)41-29-25-37(26-30-41)39-27-32-52-47(34-39)44-20-10-12-24-51(44)57-52/h6-35H,1-5H3. The van der Waals surface area contributed by atoms with Crippen LogP contribution in [0.15, 0.2) is 186 Å². The van der Waals surface area contributed by atoms with Gasteiger partial charge in [-0.2, -0.15) is 0 Å². The number of benzene rings is 8. The van der Waals surface area contributed by atoms with Crippen molar-refractivity contribution in [1.82, 2.24) is 0 Å². The molecule has 8 aromatic carbocycles. The van der Waals surface area contributed by atoms with Crippen LogP contribution in [0.4, 0.5) is 17.1 Å². The highest BCUT2D eigenvalue weighted by molar-refractivity contribution is 6.06. The van der Waals surface area contributed by atoms with E-state index in [1.165, 1.54) is 50.1 Å². The van der Waals surface area contributed by atoms with Gasteiger partial charge in [0.05, 0.1) is 5.69 Å². The van der Waals surface area contributed by atoms with Crippen LogP contribution in [0, 0.1) is 0 Å². The van der Waals surface area contributed by atoms with Gasteiger partial charge in [0.1, 0.15) is 11.2 Å². The first kappa shape index (κ1) is 34.8. The highest BCUT2D eigenvalue weighted by Crippen LogP contribution is 2.54. The summed E-state index contributed by atoms with van der Waals surface area (Å²) in [5.74, 6) is 0. The van der Waals surface area contributed by atoms with Crippen LogP contribution in [0.3, 0.4) is 0 Å². The number of anilines is 3. The fraction of sp³-hybridized carbons (Fsp3) is 0.127. The molecule has 1 aliphatic rings. The SMILES string of the molecule is CC(C)(C)c1ccc2c(c1)C(C)(C)c1cccc(-c3ccccc3N(c3ccc(-c4ccc5oc6ccccc6c5c4)cc3)c3cccc(-c4ccccc4)c3)c1-2. The molecule has 2 nitrogen and oxygen atoms in total. The maximum Gasteiger partial charge on any atom is 0.135 e. The van der Waals surface area contributed by atoms with Crippen LogP contribution in [-0.4, -0.2) is 0 Å². The summed E-state index contributed by atoms with van der Waals surface area (Å²) in [6.45, 7) is 11.7. The van der Waals surface area contributed by atoms with E-state index in [1.807, 2.05) is 12.1 Å². The molecule has 0 saturated heterocycles. The van der Waals surface area contributed by atoms with Gasteiger partial charge < -0.3 is 9.32 Å². The Kier molecular flexibility index (Phi) is 8.09. The summed E-state index contributed by atoms with van der Waals surface area (Å²) in [6, 6.07) is 66.4. The van der Waals surface area contributed by atoms with Crippen LogP contribution in [0.5, 0.6) is 0 Å². The van der Waals surface area contributed by atoms with Crippen LogP contribution < -0.4 is 4.90 Å². The van der Waals surface area contributed by atoms with E-state index in [1.54, 1.807) is 0 Å². The third-order valence-electron chi connectivity index (χ3n) is 12.0. The highest BCUT2D eigenvalue weighted by Gasteiger charge is 2.38. The molecule has 0 saturated carbocycles. The normalized spacial score (nSPS) is 13.1. The van der Waals surface area contributed by atoms with Crippen molar-refractivity contribution >= 4 is 39.0 Å². The number of rotatable bonds is 6. The lowest BCUT2D eigenvalue weighted by Crippen LogP contribution is -2.17. The van der Waals surface area contributed by atoms with Crippen LogP contribution in [0.25, 0.3) is 66.4 Å². The van der Waals surface area contributed by atoms with Crippen molar-refractivity contribution in [2.45, 2.75) is 45.4 Å². The molecule has 276 valence electrons. The number of para-hydroxylation sites is 2. The van der Waals surface area contributed by atoms with Gasteiger partial charge in [-0.1, -0.05) is 168 Å². The van der Waals surface area contributed by atoms with E-state index in [4.69, 9.17) is 4.42 Å². The minimum absolute atomic E-state index is 0.0695. The molecule has 0 aliphatic heterocycles. The quantitative estimate of drug-likeness (QED) is 0.169. The molecular weight excluding hydrogens is 691 g/mol. The lowest BCUT2D eigenvalue weighted by molar-refractivity contribution is 0.584. The van der Waals surface area contributed by atoms with Crippen molar-refractivity contribution in [2.24, 2.45) is 0 Å². The van der Waals surface area contributed by atoms with Gasteiger partial charge in [0.2, 0.25) is 0 Å². The Bertz CT molecular complexity index is 2960. The number of hydrogen-bond acceptors (Lipinski definition) is 2. The zero-order chi connectivity index (χ0) is 38.9. The molecule has 2 heteroatoms. The van der Waals surface area contributed by atoms with Gasteiger partial charge in [-0.05, 0) is 110 Å². The maximum absolute atomic E-state index is 6.15. The number of nitrogens with zero attached hydrogens (tertiary/aromatic N) is 1. The lowest BCUT2D eigenvalue weighted by Gasteiger charge is -2.29. The monoisotopic (exact) mass is 735 g/mol. The average Bonchev–Trinajstić information content (AvgIpc) is 3.73. The molecule has 10 rings (SSSR count). The Balaban J connectivity index is 1.14. The zero-order valence-corrected chi connectivity index (χ0v) is 33.2. The molecule has 0 amide bonds. The number of fused-ring (bicyclic) bond motifs is 6. The largest absolute Gasteiger partial charge is 0.456 e. The first-order chi connectivity index (χ1) is 27.6. The maximum atomic E-state index is 6.15. The third kappa shape index (κ3) is 5.87. The van der Waals surface area contributed by atoms with Crippen LogP contribution >= 0.6 is 0 Å². The second-order valence-corrected chi connectivity index (χ2v) is 17.0. The van der Waals surface area contributed by atoms with Crippen molar-refractivity contribution in [1.29, 1.82) is 0 Å². The van der Waals surface area contributed by atoms with Gasteiger partial charge in [0.25, 0.3) is 0 Å². The third-order valence-corrected chi connectivity index (χ3v) is 12.0. The second kappa shape index (κ2) is 13.2. The van der Waals surface area contributed by atoms with Gasteiger partial charge in [0, 0.05) is 33.1 Å². The summed E-state index contributed by atoms with van der Waals surface area (Å²) in [5, 5.41) is 2.27. The molecule has 0 bridgehead atoms. The van der Waals surface area contributed by atoms with Gasteiger partial charge in [-0.15, -0.1) is 0 Å². The van der Waals surface area contributed by atoms with Crippen molar-refractivity contribution in [3.8, 4) is 44.5 Å². The highest BCUT2D eigenvalue weighted by atomic mass is 16.3. The van der Waals surface area contributed by atoms with E-state index in [-0.39, 0.29) is 10.8 Å². The molecule has 0 atom stereocenters. The molecule has 0 spiro atoms. The van der Waals surface area contributed by atoms with Crippen molar-refractivity contribution < 1.29 is 4.42 Å². The Labute approximate surface area is 335 Å². The molecule has 1 heterocycles. The number of furan rings is 1. The van der Waals surface area contributed by atoms with Crippen LogP contribution in [-0.2, 0) is 10.8 Å². The minimum Gasteiger partial charge on any atom is -0.456 e. The minimum atomic E-state index is -0.123. The Morgan fingerprint density at radius 1 is 0.439 bits per heavy atom. The van der Waals surface area contributed by atoms with E-state index >= 15 is 0 Å². The van der Waals surface area contributed by atoms with Crippen molar-refractivity contribution in [3.05, 3.63) is 199 Å². The molecule has 57 heavy (non-hydrogen) atoms.